The van der Waals surface area contributed by atoms with Crippen molar-refractivity contribution in [3.8, 4) is 0 Å². The summed E-state index contributed by atoms with van der Waals surface area (Å²) >= 11 is 1.58. The molecule has 3 heterocycles. The average Bonchev–Trinajstić information content (AvgIpc) is 2.93. The number of rotatable bonds is 2. The van der Waals surface area contributed by atoms with Crippen LogP contribution in [0.1, 0.15) is 36.2 Å². The van der Waals surface area contributed by atoms with Crippen molar-refractivity contribution in [1.29, 1.82) is 0 Å². The Morgan fingerprint density at radius 2 is 2.29 bits per heavy atom. The number of carboxylic acids is 1. The van der Waals surface area contributed by atoms with Gasteiger partial charge in [0.25, 0.3) is 0 Å². The third-order valence-electron chi connectivity index (χ3n) is 4.46. The SMILES string of the molecule is CC1CC(C(=O)N2CCc3sccc3C2C(=O)O)CCN1. The summed E-state index contributed by atoms with van der Waals surface area (Å²) in [6, 6.07) is 1.36. The van der Waals surface area contributed by atoms with E-state index in [1.165, 1.54) is 0 Å². The summed E-state index contributed by atoms with van der Waals surface area (Å²) in [5, 5.41) is 14.8. The summed E-state index contributed by atoms with van der Waals surface area (Å²) in [5.74, 6) is -0.972. The molecule has 1 fully saturated rings. The van der Waals surface area contributed by atoms with E-state index in [1.807, 2.05) is 11.4 Å². The molecule has 21 heavy (non-hydrogen) atoms. The summed E-state index contributed by atoms with van der Waals surface area (Å²) in [4.78, 5) is 27.1. The minimum atomic E-state index is -0.926. The largest absolute Gasteiger partial charge is 0.479 e. The zero-order valence-electron chi connectivity index (χ0n) is 12.0. The maximum Gasteiger partial charge on any atom is 0.331 e. The molecule has 0 aromatic carbocycles. The molecule has 3 atom stereocenters. The van der Waals surface area contributed by atoms with Crippen molar-refractivity contribution in [3.05, 3.63) is 21.9 Å². The van der Waals surface area contributed by atoms with Gasteiger partial charge in [-0.3, -0.25) is 4.79 Å². The van der Waals surface area contributed by atoms with Gasteiger partial charge in [-0.2, -0.15) is 0 Å². The minimum Gasteiger partial charge on any atom is -0.479 e. The third kappa shape index (κ3) is 2.70. The second-order valence-electron chi connectivity index (χ2n) is 5.90. The van der Waals surface area contributed by atoms with Crippen molar-refractivity contribution >= 4 is 23.2 Å². The van der Waals surface area contributed by atoms with E-state index in [2.05, 4.69) is 12.2 Å². The minimum absolute atomic E-state index is 0.00704. The molecule has 2 aliphatic heterocycles. The molecule has 1 aromatic rings. The van der Waals surface area contributed by atoms with Crippen LogP contribution >= 0.6 is 11.3 Å². The highest BCUT2D eigenvalue weighted by Gasteiger charge is 2.39. The van der Waals surface area contributed by atoms with Gasteiger partial charge in [-0.05, 0) is 49.7 Å². The van der Waals surface area contributed by atoms with Gasteiger partial charge in [0.1, 0.15) is 0 Å². The number of carboxylic acid groups (broad SMARTS) is 1. The Kier molecular flexibility index (Phi) is 3.99. The van der Waals surface area contributed by atoms with Crippen LogP contribution in [0.4, 0.5) is 0 Å². The summed E-state index contributed by atoms with van der Waals surface area (Å²) in [7, 11) is 0. The maximum absolute atomic E-state index is 12.8. The molecule has 1 amide bonds. The third-order valence-corrected chi connectivity index (χ3v) is 5.45. The number of nitrogens with zero attached hydrogens (tertiary/aromatic N) is 1. The number of aliphatic carboxylic acids is 1. The first kappa shape index (κ1) is 14.5. The number of carbonyl (C=O) groups is 2. The number of carbonyl (C=O) groups excluding carboxylic acids is 1. The van der Waals surface area contributed by atoms with Gasteiger partial charge in [0, 0.05) is 23.4 Å². The van der Waals surface area contributed by atoms with Gasteiger partial charge in [-0.1, -0.05) is 0 Å². The fourth-order valence-corrected chi connectivity index (χ4v) is 4.31. The average molecular weight is 308 g/mol. The quantitative estimate of drug-likeness (QED) is 0.871. The van der Waals surface area contributed by atoms with E-state index >= 15 is 0 Å². The topological polar surface area (TPSA) is 69.6 Å². The second kappa shape index (κ2) is 5.77. The van der Waals surface area contributed by atoms with Gasteiger partial charge >= 0.3 is 5.97 Å². The van der Waals surface area contributed by atoms with Crippen molar-refractivity contribution < 1.29 is 14.7 Å². The highest BCUT2D eigenvalue weighted by Crippen LogP contribution is 2.35. The number of piperidine rings is 1. The molecule has 6 heteroatoms. The van der Waals surface area contributed by atoms with Crippen LogP contribution in [0.25, 0.3) is 0 Å². The standard InChI is InChI=1S/C15H20N2O3S/c1-9-8-10(2-5-16-9)14(18)17-6-3-12-11(4-7-21-12)13(17)15(19)20/h4,7,9-10,13,16H,2-3,5-6,8H2,1H3,(H,19,20). The zero-order chi connectivity index (χ0) is 15.0. The first-order valence-corrected chi connectivity index (χ1v) is 8.29. The zero-order valence-corrected chi connectivity index (χ0v) is 12.9. The Bertz CT molecular complexity index is 557. The number of fused-ring (bicyclic) bond motifs is 1. The Labute approximate surface area is 128 Å². The van der Waals surface area contributed by atoms with E-state index in [4.69, 9.17) is 0 Å². The number of nitrogens with one attached hydrogen (secondary N) is 1. The van der Waals surface area contributed by atoms with Crippen molar-refractivity contribution in [3.63, 3.8) is 0 Å². The predicted molar refractivity (Wildman–Crippen MR) is 80.3 cm³/mol. The molecule has 2 aliphatic rings. The monoisotopic (exact) mass is 308 g/mol. The molecular weight excluding hydrogens is 288 g/mol. The van der Waals surface area contributed by atoms with Crippen LogP contribution in [0.5, 0.6) is 0 Å². The fraction of sp³-hybridized carbons (Fsp3) is 0.600. The van der Waals surface area contributed by atoms with Crippen LogP contribution in [0.2, 0.25) is 0 Å². The van der Waals surface area contributed by atoms with E-state index < -0.39 is 12.0 Å². The van der Waals surface area contributed by atoms with E-state index in [9.17, 15) is 14.7 Å². The van der Waals surface area contributed by atoms with Crippen LogP contribution in [-0.2, 0) is 16.0 Å². The number of hydrogen-bond acceptors (Lipinski definition) is 4. The van der Waals surface area contributed by atoms with Gasteiger partial charge in [-0.25, -0.2) is 4.79 Å². The molecule has 0 radical (unpaired) electrons. The molecular formula is C15H20N2O3S. The summed E-state index contributed by atoms with van der Waals surface area (Å²) in [5.41, 5.74) is 0.800. The van der Waals surface area contributed by atoms with Gasteiger partial charge < -0.3 is 15.3 Å². The Balaban J connectivity index is 1.84. The van der Waals surface area contributed by atoms with Gasteiger partial charge in [0.2, 0.25) is 5.91 Å². The van der Waals surface area contributed by atoms with Crippen LogP contribution in [0.15, 0.2) is 11.4 Å². The highest BCUT2D eigenvalue weighted by molar-refractivity contribution is 7.10. The van der Waals surface area contributed by atoms with Gasteiger partial charge in [0.15, 0.2) is 6.04 Å². The first-order valence-electron chi connectivity index (χ1n) is 7.41. The van der Waals surface area contributed by atoms with E-state index in [-0.39, 0.29) is 11.8 Å². The van der Waals surface area contributed by atoms with Crippen LogP contribution < -0.4 is 5.32 Å². The molecule has 0 saturated carbocycles. The molecule has 0 bridgehead atoms. The second-order valence-corrected chi connectivity index (χ2v) is 6.90. The van der Waals surface area contributed by atoms with Gasteiger partial charge in [0.05, 0.1) is 0 Å². The van der Waals surface area contributed by atoms with Crippen molar-refractivity contribution in [2.24, 2.45) is 5.92 Å². The van der Waals surface area contributed by atoms with Crippen LogP contribution in [0.3, 0.4) is 0 Å². The normalized spacial score (nSPS) is 29.0. The molecule has 114 valence electrons. The predicted octanol–water partition coefficient (Wildman–Crippen LogP) is 1.65. The lowest BCUT2D eigenvalue weighted by Crippen LogP contribution is -2.49. The Morgan fingerprint density at radius 1 is 1.48 bits per heavy atom. The van der Waals surface area contributed by atoms with Crippen LogP contribution in [0, 0.1) is 5.92 Å². The molecule has 3 unspecified atom stereocenters. The number of hydrogen-bond donors (Lipinski definition) is 2. The molecule has 3 rings (SSSR count). The Morgan fingerprint density at radius 3 is 3.00 bits per heavy atom. The van der Waals surface area contributed by atoms with E-state index in [0.29, 0.717) is 12.6 Å². The van der Waals surface area contributed by atoms with E-state index in [0.717, 1.165) is 36.2 Å². The van der Waals surface area contributed by atoms with Crippen molar-refractivity contribution in [2.75, 3.05) is 13.1 Å². The molecule has 0 aliphatic carbocycles. The molecule has 1 saturated heterocycles. The number of thiophene rings is 1. The smallest absolute Gasteiger partial charge is 0.331 e. The van der Waals surface area contributed by atoms with Crippen molar-refractivity contribution in [2.45, 2.75) is 38.3 Å². The molecule has 2 N–H and O–H groups in total. The molecule has 5 nitrogen and oxygen atoms in total. The first-order chi connectivity index (χ1) is 10.1. The Hall–Kier alpha value is -1.40. The summed E-state index contributed by atoms with van der Waals surface area (Å²) in [6.45, 7) is 3.41. The molecule has 1 aromatic heterocycles. The lowest BCUT2D eigenvalue weighted by Gasteiger charge is -2.37. The molecule has 0 spiro atoms. The highest BCUT2D eigenvalue weighted by atomic mass is 32.1. The maximum atomic E-state index is 12.8. The lowest BCUT2D eigenvalue weighted by molar-refractivity contribution is -0.153. The summed E-state index contributed by atoms with van der Waals surface area (Å²) in [6.07, 6.45) is 2.35. The van der Waals surface area contributed by atoms with Crippen LogP contribution in [-0.4, -0.2) is 41.0 Å². The van der Waals surface area contributed by atoms with Gasteiger partial charge in [-0.15, -0.1) is 11.3 Å². The number of amides is 1. The fourth-order valence-electron chi connectivity index (χ4n) is 3.41. The summed E-state index contributed by atoms with van der Waals surface area (Å²) < 4.78 is 0. The lowest BCUT2D eigenvalue weighted by atomic mass is 9.90. The van der Waals surface area contributed by atoms with E-state index in [1.54, 1.807) is 16.2 Å². The van der Waals surface area contributed by atoms with Crippen molar-refractivity contribution in [1.82, 2.24) is 10.2 Å².